The predicted octanol–water partition coefficient (Wildman–Crippen LogP) is 3.51. The molecular formula is C24H29FN2O6S. The molecule has 1 unspecified atom stereocenters. The van der Waals surface area contributed by atoms with Gasteiger partial charge >= 0.3 is 6.09 Å². The van der Waals surface area contributed by atoms with Crippen LogP contribution in [-0.4, -0.2) is 57.7 Å². The summed E-state index contributed by atoms with van der Waals surface area (Å²) in [6.45, 7) is 5.84. The molecule has 1 heterocycles. The van der Waals surface area contributed by atoms with Gasteiger partial charge in [-0.25, -0.2) is 17.6 Å². The third-order valence-corrected chi connectivity index (χ3v) is 7.09. The first kappa shape index (κ1) is 25.5. The molecule has 34 heavy (non-hydrogen) atoms. The van der Waals surface area contributed by atoms with Crippen LogP contribution >= 0.6 is 0 Å². The summed E-state index contributed by atoms with van der Waals surface area (Å²) in [5.74, 6) is -1.25. The molecule has 1 fully saturated rings. The Kier molecular flexibility index (Phi) is 7.50. The number of benzene rings is 2. The lowest BCUT2D eigenvalue weighted by molar-refractivity contribution is -0.122. The summed E-state index contributed by atoms with van der Waals surface area (Å²) in [6.07, 6.45) is 0.199. The molecule has 10 heteroatoms. The monoisotopic (exact) mass is 492 g/mol. The first-order chi connectivity index (χ1) is 15.9. The SMILES string of the molecule is CNC(=O)COc1ccc(C2CCN(C(=O)OC(C)(C)C)C2)cc1S(=O)(=O)c1cccc(F)c1. The first-order valence-electron chi connectivity index (χ1n) is 10.9. The van der Waals surface area contributed by atoms with Crippen molar-refractivity contribution in [2.24, 2.45) is 0 Å². The molecule has 2 aromatic rings. The summed E-state index contributed by atoms with van der Waals surface area (Å²) < 4.78 is 51.5. The van der Waals surface area contributed by atoms with Crippen molar-refractivity contribution in [1.82, 2.24) is 10.2 Å². The molecule has 3 rings (SSSR count). The van der Waals surface area contributed by atoms with Crippen molar-refractivity contribution < 1.29 is 31.9 Å². The Morgan fingerprint density at radius 1 is 1.18 bits per heavy atom. The van der Waals surface area contributed by atoms with E-state index in [9.17, 15) is 22.4 Å². The third kappa shape index (κ3) is 6.05. The molecule has 1 aliphatic rings. The molecule has 0 aliphatic carbocycles. The summed E-state index contributed by atoms with van der Waals surface area (Å²) in [7, 11) is -2.71. The van der Waals surface area contributed by atoms with Crippen LogP contribution in [0.4, 0.5) is 9.18 Å². The molecule has 0 bridgehead atoms. The quantitative estimate of drug-likeness (QED) is 0.662. The van der Waals surface area contributed by atoms with Crippen LogP contribution in [-0.2, 0) is 19.4 Å². The average Bonchev–Trinajstić information content (AvgIpc) is 3.27. The summed E-state index contributed by atoms with van der Waals surface area (Å²) in [5, 5.41) is 2.41. The maximum atomic E-state index is 13.8. The Balaban J connectivity index is 1.94. The van der Waals surface area contributed by atoms with E-state index in [1.165, 1.54) is 31.3 Å². The van der Waals surface area contributed by atoms with E-state index >= 15 is 0 Å². The second-order valence-electron chi connectivity index (χ2n) is 9.04. The molecule has 1 N–H and O–H groups in total. The van der Waals surface area contributed by atoms with Crippen molar-refractivity contribution >= 4 is 21.8 Å². The van der Waals surface area contributed by atoms with Crippen LogP contribution in [0.1, 0.15) is 38.7 Å². The number of nitrogens with zero attached hydrogens (tertiary/aromatic N) is 1. The zero-order chi connectivity index (χ0) is 25.1. The molecule has 1 atom stereocenters. The first-order valence-corrected chi connectivity index (χ1v) is 12.3. The van der Waals surface area contributed by atoms with Gasteiger partial charge in [0.05, 0.1) is 4.90 Å². The molecule has 0 aromatic heterocycles. The van der Waals surface area contributed by atoms with Crippen molar-refractivity contribution in [3.63, 3.8) is 0 Å². The molecule has 1 aliphatic heterocycles. The number of ether oxygens (including phenoxy) is 2. The fraction of sp³-hybridized carbons (Fsp3) is 0.417. The van der Waals surface area contributed by atoms with Crippen LogP contribution in [0.2, 0.25) is 0 Å². The van der Waals surface area contributed by atoms with E-state index in [0.717, 1.165) is 12.1 Å². The smallest absolute Gasteiger partial charge is 0.410 e. The highest BCUT2D eigenvalue weighted by Crippen LogP contribution is 2.36. The van der Waals surface area contributed by atoms with Gasteiger partial charge in [-0.1, -0.05) is 12.1 Å². The number of likely N-dealkylation sites (tertiary alicyclic amines) is 1. The Bertz CT molecular complexity index is 1180. The van der Waals surface area contributed by atoms with Crippen molar-refractivity contribution in [3.8, 4) is 5.75 Å². The van der Waals surface area contributed by atoms with Crippen LogP contribution in [0.5, 0.6) is 5.75 Å². The van der Waals surface area contributed by atoms with Crippen LogP contribution in [0.3, 0.4) is 0 Å². The molecule has 0 radical (unpaired) electrons. The highest BCUT2D eigenvalue weighted by molar-refractivity contribution is 7.91. The summed E-state index contributed by atoms with van der Waals surface area (Å²) >= 11 is 0. The van der Waals surface area contributed by atoms with E-state index in [1.807, 2.05) is 0 Å². The molecule has 2 amide bonds. The minimum absolute atomic E-state index is 0.0152. The number of halogens is 1. The number of rotatable bonds is 6. The lowest BCUT2D eigenvalue weighted by atomic mass is 9.98. The van der Waals surface area contributed by atoms with Crippen LogP contribution in [0.25, 0.3) is 0 Å². The fourth-order valence-corrected chi connectivity index (χ4v) is 5.07. The number of carbonyl (C=O) groups is 2. The Hall–Kier alpha value is -3.14. The van der Waals surface area contributed by atoms with Crippen LogP contribution in [0.15, 0.2) is 52.3 Å². The third-order valence-electron chi connectivity index (χ3n) is 5.31. The van der Waals surface area contributed by atoms with E-state index in [1.54, 1.807) is 31.7 Å². The van der Waals surface area contributed by atoms with E-state index in [2.05, 4.69) is 5.32 Å². The van der Waals surface area contributed by atoms with Gasteiger partial charge in [0.15, 0.2) is 6.61 Å². The van der Waals surface area contributed by atoms with Gasteiger partial charge < -0.3 is 19.7 Å². The van der Waals surface area contributed by atoms with Gasteiger partial charge in [-0.2, -0.15) is 0 Å². The molecule has 0 saturated carbocycles. The molecule has 1 saturated heterocycles. The van der Waals surface area contributed by atoms with E-state index in [-0.39, 0.29) is 28.1 Å². The Morgan fingerprint density at radius 2 is 1.91 bits per heavy atom. The van der Waals surface area contributed by atoms with Crippen molar-refractivity contribution in [2.45, 2.75) is 48.5 Å². The van der Waals surface area contributed by atoms with Gasteiger partial charge in [0, 0.05) is 26.1 Å². The second-order valence-corrected chi connectivity index (χ2v) is 11.0. The molecular weight excluding hydrogens is 463 g/mol. The molecule has 0 spiro atoms. The summed E-state index contributed by atoms with van der Waals surface area (Å²) in [4.78, 5) is 25.3. The minimum Gasteiger partial charge on any atom is -0.482 e. The van der Waals surface area contributed by atoms with Crippen molar-refractivity contribution in [3.05, 3.63) is 53.8 Å². The van der Waals surface area contributed by atoms with E-state index < -0.39 is 33.3 Å². The van der Waals surface area contributed by atoms with Gasteiger partial charge in [-0.15, -0.1) is 0 Å². The zero-order valence-electron chi connectivity index (χ0n) is 19.6. The fourth-order valence-electron chi connectivity index (χ4n) is 3.61. The number of likely N-dealkylation sites (N-methyl/N-ethyl adjacent to an activating group) is 1. The van der Waals surface area contributed by atoms with Gasteiger partial charge in [-0.05, 0) is 63.1 Å². The highest BCUT2D eigenvalue weighted by Gasteiger charge is 2.32. The standard InChI is InChI=1S/C24H29FN2O6S/c1-24(2,3)33-23(29)27-11-10-17(14-27)16-8-9-20(32-15-22(28)26-4)21(12-16)34(30,31)19-7-5-6-18(25)13-19/h5-9,12-13,17H,10-11,14-15H2,1-4H3,(H,26,28). The van der Waals surface area contributed by atoms with Crippen LogP contribution < -0.4 is 10.1 Å². The molecule has 2 aromatic carbocycles. The number of hydrogen-bond acceptors (Lipinski definition) is 6. The van der Waals surface area contributed by atoms with E-state index in [0.29, 0.717) is 25.1 Å². The van der Waals surface area contributed by atoms with Crippen molar-refractivity contribution in [1.29, 1.82) is 0 Å². The summed E-state index contributed by atoms with van der Waals surface area (Å²) in [6, 6.07) is 9.38. The van der Waals surface area contributed by atoms with E-state index in [4.69, 9.17) is 9.47 Å². The topological polar surface area (TPSA) is 102 Å². The average molecular weight is 493 g/mol. The van der Waals surface area contributed by atoms with Gasteiger partial charge in [-0.3, -0.25) is 4.79 Å². The van der Waals surface area contributed by atoms with Crippen LogP contribution in [0, 0.1) is 5.82 Å². The lowest BCUT2D eigenvalue weighted by Crippen LogP contribution is -2.35. The zero-order valence-corrected chi connectivity index (χ0v) is 20.4. The number of nitrogens with one attached hydrogen (secondary N) is 1. The number of amides is 2. The largest absolute Gasteiger partial charge is 0.482 e. The Labute approximate surface area is 199 Å². The second kappa shape index (κ2) is 10.0. The predicted molar refractivity (Wildman–Crippen MR) is 123 cm³/mol. The van der Waals surface area contributed by atoms with Crippen molar-refractivity contribution in [2.75, 3.05) is 26.7 Å². The number of carbonyl (C=O) groups excluding carboxylic acids is 2. The number of sulfone groups is 1. The normalized spacial score (nSPS) is 16.3. The van der Waals surface area contributed by atoms with Gasteiger partial charge in [0.2, 0.25) is 9.84 Å². The maximum Gasteiger partial charge on any atom is 0.410 e. The summed E-state index contributed by atoms with van der Waals surface area (Å²) in [5.41, 5.74) is 0.0684. The Morgan fingerprint density at radius 3 is 2.56 bits per heavy atom. The highest BCUT2D eigenvalue weighted by atomic mass is 32.2. The molecule has 184 valence electrons. The van der Waals surface area contributed by atoms with Gasteiger partial charge in [0.25, 0.3) is 5.91 Å². The number of hydrogen-bond donors (Lipinski definition) is 1. The molecule has 8 nitrogen and oxygen atoms in total. The minimum atomic E-state index is -4.15. The van der Waals surface area contributed by atoms with Gasteiger partial charge in [0.1, 0.15) is 22.1 Å². The maximum absolute atomic E-state index is 13.8. The lowest BCUT2D eigenvalue weighted by Gasteiger charge is -2.24.